The lowest BCUT2D eigenvalue weighted by atomic mass is 9.95. The number of halogens is 1. The summed E-state index contributed by atoms with van der Waals surface area (Å²) in [4.78, 5) is 25.0. The minimum atomic E-state index is -0.530. The van der Waals surface area contributed by atoms with Crippen molar-refractivity contribution >= 4 is 23.4 Å². The summed E-state index contributed by atoms with van der Waals surface area (Å²) in [5.74, 6) is 0.170. The second-order valence-electron chi connectivity index (χ2n) is 7.30. The van der Waals surface area contributed by atoms with Gasteiger partial charge in [-0.25, -0.2) is 0 Å². The molecule has 6 heteroatoms. The SMILES string of the molecule is O=C(NNC(=O)C1(c2ccccc2)CC1)c1ccc(COc2ccc(Cl)cc2)cc1. The van der Waals surface area contributed by atoms with Crippen LogP contribution in [0.2, 0.25) is 5.02 Å². The number of benzene rings is 3. The molecule has 2 amide bonds. The van der Waals surface area contributed by atoms with Crippen LogP contribution >= 0.6 is 11.6 Å². The molecule has 0 radical (unpaired) electrons. The highest BCUT2D eigenvalue weighted by Crippen LogP contribution is 2.48. The maximum absolute atomic E-state index is 12.6. The molecule has 0 aromatic heterocycles. The van der Waals surface area contributed by atoms with Crippen molar-refractivity contribution in [2.45, 2.75) is 24.9 Å². The van der Waals surface area contributed by atoms with Crippen LogP contribution in [0.3, 0.4) is 0 Å². The van der Waals surface area contributed by atoms with Crippen molar-refractivity contribution in [3.05, 3.63) is 101 Å². The van der Waals surface area contributed by atoms with Crippen molar-refractivity contribution in [3.63, 3.8) is 0 Å². The van der Waals surface area contributed by atoms with E-state index in [2.05, 4.69) is 10.9 Å². The largest absolute Gasteiger partial charge is 0.489 e. The average molecular weight is 421 g/mol. The number of hydrogen-bond acceptors (Lipinski definition) is 3. The zero-order valence-electron chi connectivity index (χ0n) is 16.2. The van der Waals surface area contributed by atoms with Gasteiger partial charge in [-0.3, -0.25) is 20.4 Å². The lowest BCUT2D eigenvalue weighted by Crippen LogP contribution is -2.46. The van der Waals surface area contributed by atoms with Gasteiger partial charge in [-0.2, -0.15) is 0 Å². The zero-order chi connectivity index (χ0) is 21.0. The molecule has 1 aliphatic carbocycles. The van der Waals surface area contributed by atoms with Gasteiger partial charge in [0.1, 0.15) is 12.4 Å². The van der Waals surface area contributed by atoms with E-state index >= 15 is 0 Å². The Balaban J connectivity index is 1.30. The number of hydrogen-bond donors (Lipinski definition) is 2. The number of amides is 2. The second kappa shape index (κ2) is 8.59. The van der Waals surface area contributed by atoms with Crippen LogP contribution in [0.1, 0.15) is 34.3 Å². The van der Waals surface area contributed by atoms with Gasteiger partial charge in [0.15, 0.2) is 0 Å². The van der Waals surface area contributed by atoms with Crippen molar-refractivity contribution in [1.82, 2.24) is 10.9 Å². The topological polar surface area (TPSA) is 67.4 Å². The number of nitrogens with one attached hydrogen (secondary N) is 2. The van der Waals surface area contributed by atoms with Gasteiger partial charge in [0, 0.05) is 10.6 Å². The molecule has 0 aliphatic heterocycles. The van der Waals surface area contributed by atoms with E-state index in [1.807, 2.05) is 42.5 Å². The molecule has 0 unspecified atom stereocenters. The highest BCUT2D eigenvalue weighted by Gasteiger charge is 2.51. The highest BCUT2D eigenvalue weighted by atomic mass is 35.5. The molecule has 0 atom stereocenters. The molecule has 2 N–H and O–H groups in total. The van der Waals surface area contributed by atoms with Gasteiger partial charge in [0.05, 0.1) is 5.41 Å². The lowest BCUT2D eigenvalue weighted by Gasteiger charge is -2.16. The number of rotatable bonds is 6. The molecule has 1 aliphatic rings. The molecular formula is C24H21ClN2O3. The van der Waals surface area contributed by atoms with Crippen molar-refractivity contribution in [3.8, 4) is 5.75 Å². The fourth-order valence-corrected chi connectivity index (χ4v) is 3.41. The predicted octanol–water partition coefficient (Wildman–Crippen LogP) is 4.41. The quantitative estimate of drug-likeness (QED) is 0.580. The molecule has 1 fully saturated rings. The summed E-state index contributed by atoms with van der Waals surface area (Å²) >= 11 is 5.86. The molecule has 0 spiro atoms. The lowest BCUT2D eigenvalue weighted by molar-refractivity contribution is -0.124. The van der Waals surface area contributed by atoms with Crippen molar-refractivity contribution in [1.29, 1.82) is 0 Å². The van der Waals surface area contributed by atoms with E-state index in [0.29, 0.717) is 17.2 Å². The van der Waals surface area contributed by atoms with Gasteiger partial charge in [-0.05, 0) is 60.4 Å². The Labute approximate surface area is 180 Å². The van der Waals surface area contributed by atoms with Crippen molar-refractivity contribution in [2.75, 3.05) is 0 Å². The van der Waals surface area contributed by atoms with Gasteiger partial charge in [-0.1, -0.05) is 54.1 Å². The molecule has 3 aromatic carbocycles. The summed E-state index contributed by atoms with van der Waals surface area (Å²) in [6.45, 7) is 0.375. The Morgan fingerprint density at radius 2 is 1.53 bits per heavy atom. The van der Waals surface area contributed by atoms with E-state index in [1.165, 1.54) is 0 Å². The Kier molecular flexibility index (Phi) is 5.72. The van der Waals surface area contributed by atoms with Gasteiger partial charge in [0.25, 0.3) is 5.91 Å². The molecular weight excluding hydrogens is 400 g/mol. The monoisotopic (exact) mass is 420 g/mol. The first-order valence-corrected chi connectivity index (χ1v) is 10.1. The standard InChI is InChI=1S/C24H21ClN2O3/c25-20-10-12-21(13-11-20)30-16-17-6-8-18(9-7-17)22(28)26-27-23(29)24(14-15-24)19-4-2-1-3-5-19/h1-13H,14-16H2,(H,26,28)(H,27,29). The van der Waals surface area contributed by atoms with E-state index in [0.717, 1.165) is 29.7 Å². The van der Waals surface area contributed by atoms with Crippen LogP contribution in [-0.4, -0.2) is 11.8 Å². The minimum Gasteiger partial charge on any atom is -0.489 e. The van der Waals surface area contributed by atoms with Crippen molar-refractivity contribution in [2.24, 2.45) is 0 Å². The first kappa shape index (κ1) is 20.0. The van der Waals surface area contributed by atoms with E-state index in [-0.39, 0.29) is 11.8 Å². The number of carbonyl (C=O) groups excluding carboxylic acids is 2. The second-order valence-corrected chi connectivity index (χ2v) is 7.73. The molecule has 1 saturated carbocycles. The Morgan fingerprint density at radius 1 is 0.867 bits per heavy atom. The first-order valence-electron chi connectivity index (χ1n) is 9.70. The van der Waals surface area contributed by atoms with Crippen LogP contribution in [0.25, 0.3) is 0 Å². The van der Waals surface area contributed by atoms with Crippen LogP contribution in [0, 0.1) is 0 Å². The summed E-state index contributed by atoms with van der Waals surface area (Å²) in [7, 11) is 0. The third kappa shape index (κ3) is 4.47. The van der Waals surface area contributed by atoms with Crippen LogP contribution in [0.5, 0.6) is 5.75 Å². The zero-order valence-corrected chi connectivity index (χ0v) is 17.0. The third-order valence-corrected chi connectivity index (χ3v) is 5.49. The molecule has 0 bridgehead atoms. The maximum atomic E-state index is 12.6. The fourth-order valence-electron chi connectivity index (χ4n) is 3.28. The maximum Gasteiger partial charge on any atom is 0.269 e. The average Bonchev–Trinajstić information content (AvgIpc) is 3.60. The molecule has 152 valence electrons. The summed E-state index contributed by atoms with van der Waals surface area (Å²) in [6, 6.07) is 23.8. The molecule has 4 rings (SSSR count). The molecule has 5 nitrogen and oxygen atoms in total. The van der Waals surface area contributed by atoms with Gasteiger partial charge >= 0.3 is 0 Å². The predicted molar refractivity (Wildman–Crippen MR) is 115 cm³/mol. The highest BCUT2D eigenvalue weighted by molar-refractivity contribution is 6.30. The molecule has 30 heavy (non-hydrogen) atoms. The first-order chi connectivity index (χ1) is 14.6. The number of hydrazine groups is 1. The minimum absolute atomic E-state index is 0.185. The van der Waals surface area contributed by atoms with Gasteiger partial charge in [-0.15, -0.1) is 0 Å². The number of carbonyl (C=O) groups is 2. The molecule has 3 aromatic rings. The molecule has 0 heterocycles. The normalized spacial score (nSPS) is 13.9. The van der Waals surface area contributed by atoms with Crippen LogP contribution < -0.4 is 15.6 Å². The van der Waals surface area contributed by atoms with E-state index in [1.54, 1.807) is 36.4 Å². The molecule has 0 saturated heterocycles. The smallest absolute Gasteiger partial charge is 0.269 e. The Bertz CT molecular complexity index is 1030. The van der Waals surface area contributed by atoms with E-state index < -0.39 is 5.41 Å². The Hall–Kier alpha value is -3.31. The summed E-state index contributed by atoms with van der Waals surface area (Å²) in [5, 5.41) is 0.654. The van der Waals surface area contributed by atoms with E-state index in [9.17, 15) is 9.59 Å². The summed E-state index contributed by atoms with van der Waals surface area (Å²) < 4.78 is 5.70. The van der Waals surface area contributed by atoms with Gasteiger partial charge < -0.3 is 4.74 Å². The van der Waals surface area contributed by atoms with Crippen molar-refractivity contribution < 1.29 is 14.3 Å². The van der Waals surface area contributed by atoms with E-state index in [4.69, 9.17) is 16.3 Å². The third-order valence-electron chi connectivity index (χ3n) is 5.24. The van der Waals surface area contributed by atoms with Gasteiger partial charge in [0.2, 0.25) is 5.91 Å². The van der Waals surface area contributed by atoms with Crippen LogP contribution in [0.15, 0.2) is 78.9 Å². The summed E-state index contributed by atoms with van der Waals surface area (Å²) in [6.07, 6.45) is 1.56. The Morgan fingerprint density at radius 3 is 2.17 bits per heavy atom. The van der Waals surface area contributed by atoms with Crippen LogP contribution in [-0.2, 0) is 16.8 Å². The van der Waals surface area contributed by atoms with Crippen LogP contribution in [0.4, 0.5) is 0 Å². The number of ether oxygens (including phenoxy) is 1. The fraction of sp³-hybridized carbons (Fsp3) is 0.167. The summed E-state index contributed by atoms with van der Waals surface area (Å²) in [5.41, 5.74) is 6.91.